The fraction of sp³-hybridized carbons (Fsp3) is 0.312. The highest BCUT2D eigenvalue weighted by molar-refractivity contribution is 5.91. The van der Waals surface area contributed by atoms with E-state index in [1.807, 2.05) is 0 Å². The lowest BCUT2D eigenvalue weighted by Crippen LogP contribution is -2.20. The molecule has 2 N–H and O–H groups in total. The molecule has 8 heteroatoms. The van der Waals surface area contributed by atoms with Crippen molar-refractivity contribution in [1.82, 2.24) is 15.5 Å². The molecule has 0 aliphatic carbocycles. The SMILES string of the molecule is CNC(=O)c1ccc(NC(C)c2cc(OC)c(OC)cc2F)nn1. The van der Waals surface area contributed by atoms with Crippen molar-refractivity contribution in [3.63, 3.8) is 0 Å². The van der Waals surface area contributed by atoms with Crippen LogP contribution in [-0.4, -0.2) is 37.4 Å². The second-order valence-electron chi connectivity index (χ2n) is 4.98. The predicted octanol–water partition coefficient (Wildman–Crippen LogP) is 2.17. The molecule has 1 amide bonds. The molecule has 1 aromatic heterocycles. The molecule has 0 saturated carbocycles. The molecule has 1 atom stereocenters. The van der Waals surface area contributed by atoms with Crippen LogP contribution in [0.25, 0.3) is 0 Å². The van der Waals surface area contributed by atoms with Crippen LogP contribution in [0.3, 0.4) is 0 Å². The topological polar surface area (TPSA) is 85.4 Å². The number of hydrogen-bond acceptors (Lipinski definition) is 6. The first-order valence-corrected chi connectivity index (χ1v) is 7.24. The number of halogens is 1. The molecular formula is C16H19FN4O3. The minimum atomic E-state index is -0.428. The first kappa shape index (κ1) is 17.5. The number of methoxy groups -OCH3 is 2. The van der Waals surface area contributed by atoms with E-state index >= 15 is 0 Å². The molecule has 128 valence electrons. The summed E-state index contributed by atoms with van der Waals surface area (Å²) in [6.07, 6.45) is 0. The van der Waals surface area contributed by atoms with Crippen molar-refractivity contribution in [2.24, 2.45) is 0 Å². The Morgan fingerprint density at radius 2 is 1.83 bits per heavy atom. The van der Waals surface area contributed by atoms with Crippen LogP contribution in [0.2, 0.25) is 0 Å². The summed E-state index contributed by atoms with van der Waals surface area (Å²) in [5.41, 5.74) is 0.595. The zero-order valence-electron chi connectivity index (χ0n) is 13.9. The molecule has 0 aliphatic rings. The summed E-state index contributed by atoms with van der Waals surface area (Å²) in [6, 6.07) is 5.58. The zero-order valence-corrected chi connectivity index (χ0v) is 13.9. The molecule has 1 unspecified atom stereocenters. The average molecular weight is 334 g/mol. The summed E-state index contributed by atoms with van der Waals surface area (Å²) >= 11 is 0. The van der Waals surface area contributed by atoms with Crippen LogP contribution < -0.4 is 20.1 Å². The molecule has 24 heavy (non-hydrogen) atoms. The lowest BCUT2D eigenvalue weighted by atomic mass is 10.1. The molecule has 7 nitrogen and oxygen atoms in total. The quantitative estimate of drug-likeness (QED) is 0.842. The summed E-state index contributed by atoms with van der Waals surface area (Å²) in [5.74, 6) is 0.421. The maximum atomic E-state index is 14.3. The molecule has 0 aliphatic heterocycles. The Hall–Kier alpha value is -2.90. The Morgan fingerprint density at radius 3 is 2.38 bits per heavy atom. The van der Waals surface area contributed by atoms with E-state index in [1.54, 1.807) is 19.1 Å². The maximum absolute atomic E-state index is 14.3. The Bertz CT molecular complexity index is 722. The van der Waals surface area contributed by atoms with Gasteiger partial charge in [0.1, 0.15) is 11.6 Å². The molecule has 0 saturated heterocycles. The molecule has 0 fully saturated rings. The monoisotopic (exact) mass is 334 g/mol. The molecule has 1 aromatic carbocycles. The van der Waals surface area contributed by atoms with Crippen molar-refractivity contribution < 1.29 is 18.7 Å². The highest BCUT2D eigenvalue weighted by atomic mass is 19.1. The minimum absolute atomic E-state index is 0.202. The van der Waals surface area contributed by atoms with Crippen LogP contribution in [0.15, 0.2) is 24.3 Å². The molecule has 0 radical (unpaired) electrons. The van der Waals surface area contributed by atoms with Crippen LogP contribution >= 0.6 is 0 Å². The summed E-state index contributed by atoms with van der Waals surface area (Å²) < 4.78 is 24.5. The normalized spacial score (nSPS) is 11.5. The summed E-state index contributed by atoms with van der Waals surface area (Å²) in [7, 11) is 4.45. The van der Waals surface area contributed by atoms with Crippen molar-refractivity contribution >= 4 is 11.7 Å². The number of nitrogens with one attached hydrogen (secondary N) is 2. The van der Waals surface area contributed by atoms with Gasteiger partial charge in [-0.25, -0.2) is 4.39 Å². The van der Waals surface area contributed by atoms with Crippen molar-refractivity contribution in [3.8, 4) is 11.5 Å². The van der Waals surface area contributed by atoms with Gasteiger partial charge < -0.3 is 20.1 Å². The molecule has 2 rings (SSSR count). The van der Waals surface area contributed by atoms with E-state index in [0.717, 1.165) is 0 Å². The maximum Gasteiger partial charge on any atom is 0.271 e. The van der Waals surface area contributed by atoms with Crippen LogP contribution in [0.5, 0.6) is 11.5 Å². The van der Waals surface area contributed by atoms with Gasteiger partial charge in [0.05, 0.1) is 20.3 Å². The molecule has 1 heterocycles. The lowest BCUT2D eigenvalue weighted by molar-refractivity contribution is 0.0957. The number of rotatable bonds is 6. The van der Waals surface area contributed by atoms with E-state index in [1.165, 1.54) is 33.4 Å². The van der Waals surface area contributed by atoms with Crippen molar-refractivity contribution in [2.75, 3.05) is 26.6 Å². The van der Waals surface area contributed by atoms with Crippen molar-refractivity contribution in [2.45, 2.75) is 13.0 Å². The number of nitrogens with zero attached hydrogens (tertiary/aromatic N) is 2. The molecule has 0 spiro atoms. The van der Waals surface area contributed by atoms with Gasteiger partial charge in [0.2, 0.25) is 0 Å². The summed E-state index contributed by atoms with van der Waals surface area (Å²) in [5, 5.41) is 13.2. The Kier molecular flexibility index (Phi) is 5.51. The van der Waals surface area contributed by atoms with Gasteiger partial charge in [-0.3, -0.25) is 4.79 Å². The second-order valence-corrected chi connectivity index (χ2v) is 4.98. The number of hydrogen-bond donors (Lipinski definition) is 2. The van der Waals surface area contributed by atoms with Gasteiger partial charge in [-0.15, -0.1) is 10.2 Å². The number of aromatic nitrogens is 2. The number of benzene rings is 1. The first-order chi connectivity index (χ1) is 11.5. The summed E-state index contributed by atoms with van der Waals surface area (Å²) in [4.78, 5) is 11.4. The smallest absolute Gasteiger partial charge is 0.271 e. The van der Waals surface area contributed by atoms with Gasteiger partial charge in [-0.2, -0.15) is 0 Å². The van der Waals surface area contributed by atoms with E-state index in [-0.39, 0.29) is 11.6 Å². The van der Waals surface area contributed by atoms with Crippen LogP contribution in [0.1, 0.15) is 29.0 Å². The van der Waals surface area contributed by atoms with Crippen LogP contribution in [0, 0.1) is 5.82 Å². The number of amides is 1. The predicted molar refractivity (Wildman–Crippen MR) is 87.0 cm³/mol. The third-order valence-corrected chi connectivity index (χ3v) is 3.46. The Balaban J connectivity index is 2.20. The average Bonchev–Trinajstić information content (AvgIpc) is 2.61. The zero-order chi connectivity index (χ0) is 17.7. The Morgan fingerprint density at radius 1 is 1.17 bits per heavy atom. The fourth-order valence-electron chi connectivity index (χ4n) is 2.16. The van der Waals surface area contributed by atoms with E-state index in [2.05, 4.69) is 20.8 Å². The van der Waals surface area contributed by atoms with E-state index in [4.69, 9.17) is 9.47 Å². The van der Waals surface area contributed by atoms with Gasteiger partial charge in [0.15, 0.2) is 17.2 Å². The van der Waals surface area contributed by atoms with Crippen LogP contribution in [0.4, 0.5) is 10.2 Å². The minimum Gasteiger partial charge on any atom is -0.493 e. The number of ether oxygens (including phenoxy) is 2. The number of carbonyl (C=O) groups excluding carboxylic acids is 1. The fourth-order valence-corrected chi connectivity index (χ4v) is 2.16. The van der Waals surface area contributed by atoms with E-state index in [9.17, 15) is 9.18 Å². The third kappa shape index (κ3) is 3.70. The largest absolute Gasteiger partial charge is 0.493 e. The lowest BCUT2D eigenvalue weighted by Gasteiger charge is -2.17. The van der Waals surface area contributed by atoms with E-state index in [0.29, 0.717) is 22.9 Å². The van der Waals surface area contributed by atoms with Crippen LogP contribution in [-0.2, 0) is 0 Å². The first-order valence-electron chi connectivity index (χ1n) is 7.24. The Labute approximate surface area is 139 Å². The van der Waals surface area contributed by atoms with Gasteiger partial charge in [0.25, 0.3) is 5.91 Å². The van der Waals surface area contributed by atoms with Gasteiger partial charge in [-0.05, 0) is 25.1 Å². The third-order valence-electron chi connectivity index (χ3n) is 3.46. The molecule has 2 aromatic rings. The van der Waals surface area contributed by atoms with Crippen molar-refractivity contribution in [1.29, 1.82) is 0 Å². The highest BCUT2D eigenvalue weighted by Gasteiger charge is 2.17. The number of carbonyl (C=O) groups is 1. The van der Waals surface area contributed by atoms with Gasteiger partial charge in [0, 0.05) is 18.7 Å². The number of anilines is 1. The summed E-state index contributed by atoms with van der Waals surface area (Å²) in [6.45, 7) is 1.78. The molecular weight excluding hydrogens is 315 g/mol. The molecule has 0 bridgehead atoms. The van der Waals surface area contributed by atoms with E-state index < -0.39 is 11.9 Å². The van der Waals surface area contributed by atoms with Gasteiger partial charge >= 0.3 is 0 Å². The highest BCUT2D eigenvalue weighted by Crippen LogP contribution is 2.33. The second kappa shape index (κ2) is 7.58. The van der Waals surface area contributed by atoms with Gasteiger partial charge in [-0.1, -0.05) is 0 Å². The van der Waals surface area contributed by atoms with Crippen molar-refractivity contribution in [3.05, 3.63) is 41.3 Å². The standard InChI is InChI=1S/C16H19FN4O3/c1-9(10-7-13(23-3)14(24-4)8-11(10)17)19-15-6-5-12(20-21-15)16(22)18-2/h5-9H,1-4H3,(H,18,22)(H,19,21).